The molecule has 2 aliphatic rings. The van der Waals surface area contributed by atoms with Crippen LogP contribution < -0.4 is 0 Å². The quantitative estimate of drug-likeness (QED) is 0.722. The predicted octanol–water partition coefficient (Wildman–Crippen LogP) is -0.288. The van der Waals surface area contributed by atoms with Crippen LogP contribution in [0.15, 0.2) is 0 Å². The number of ether oxygens (including phenoxy) is 1. The Bertz CT molecular complexity index is 407. The van der Waals surface area contributed by atoms with Gasteiger partial charge in [0, 0.05) is 12.5 Å². The standard InChI is InChI=1S/C10H15NO4S/c11-6-10(2-4-16(13,14)7-10)9(12)8-1-3-15-5-8/h8-9,12H,1-5,7H2. The first-order valence-electron chi connectivity index (χ1n) is 5.37. The molecular formula is C10H15NO4S. The van der Waals surface area contributed by atoms with E-state index in [-0.39, 0.29) is 23.8 Å². The van der Waals surface area contributed by atoms with Gasteiger partial charge in [-0.15, -0.1) is 0 Å². The Hall–Kier alpha value is -0.640. The summed E-state index contributed by atoms with van der Waals surface area (Å²) in [5.74, 6) is -0.313. The number of aliphatic hydroxyl groups excluding tert-OH is 1. The van der Waals surface area contributed by atoms with Crippen LogP contribution in [0.1, 0.15) is 12.8 Å². The van der Waals surface area contributed by atoms with Crippen LogP contribution in [0.5, 0.6) is 0 Å². The molecule has 3 atom stereocenters. The van der Waals surface area contributed by atoms with Crippen molar-refractivity contribution in [1.29, 1.82) is 5.26 Å². The van der Waals surface area contributed by atoms with Crippen molar-refractivity contribution in [3.63, 3.8) is 0 Å². The van der Waals surface area contributed by atoms with Gasteiger partial charge in [0.15, 0.2) is 9.84 Å². The molecule has 0 radical (unpaired) electrons. The summed E-state index contributed by atoms with van der Waals surface area (Å²) in [6, 6.07) is 2.02. The van der Waals surface area contributed by atoms with Gasteiger partial charge >= 0.3 is 0 Å². The molecule has 0 saturated carbocycles. The maximum Gasteiger partial charge on any atom is 0.152 e. The Morgan fingerprint density at radius 3 is 2.75 bits per heavy atom. The van der Waals surface area contributed by atoms with Crippen LogP contribution >= 0.6 is 0 Å². The topological polar surface area (TPSA) is 87.4 Å². The Labute approximate surface area is 94.9 Å². The molecule has 90 valence electrons. The Kier molecular flexibility index (Phi) is 2.95. The summed E-state index contributed by atoms with van der Waals surface area (Å²) in [7, 11) is -3.16. The minimum atomic E-state index is -3.16. The van der Waals surface area contributed by atoms with Crippen molar-refractivity contribution in [2.45, 2.75) is 18.9 Å². The summed E-state index contributed by atoms with van der Waals surface area (Å²) in [5, 5.41) is 19.3. The highest BCUT2D eigenvalue weighted by atomic mass is 32.2. The summed E-state index contributed by atoms with van der Waals surface area (Å²) in [4.78, 5) is 0. The van der Waals surface area contributed by atoms with Crippen molar-refractivity contribution in [2.75, 3.05) is 24.7 Å². The van der Waals surface area contributed by atoms with E-state index >= 15 is 0 Å². The summed E-state index contributed by atoms with van der Waals surface area (Å²) >= 11 is 0. The molecule has 6 heteroatoms. The Balaban J connectivity index is 2.19. The third kappa shape index (κ3) is 1.95. The molecule has 0 amide bonds. The summed E-state index contributed by atoms with van der Waals surface area (Å²) in [6.07, 6.45) is 0.0472. The van der Waals surface area contributed by atoms with E-state index in [1.165, 1.54) is 0 Å². The first kappa shape index (κ1) is 11.8. The van der Waals surface area contributed by atoms with Crippen LogP contribution in [0.25, 0.3) is 0 Å². The number of hydrogen-bond acceptors (Lipinski definition) is 5. The molecule has 5 nitrogen and oxygen atoms in total. The Morgan fingerprint density at radius 1 is 1.56 bits per heavy atom. The first-order valence-corrected chi connectivity index (χ1v) is 7.19. The smallest absolute Gasteiger partial charge is 0.152 e. The van der Waals surface area contributed by atoms with E-state index in [4.69, 9.17) is 10.00 Å². The van der Waals surface area contributed by atoms with Gasteiger partial charge in [-0.1, -0.05) is 0 Å². The molecule has 2 fully saturated rings. The van der Waals surface area contributed by atoms with Gasteiger partial charge in [-0.3, -0.25) is 0 Å². The van der Waals surface area contributed by atoms with Crippen LogP contribution in [-0.2, 0) is 14.6 Å². The Morgan fingerprint density at radius 2 is 2.31 bits per heavy atom. The molecule has 2 saturated heterocycles. The normalized spacial score (nSPS) is 39.4. The summed E-state index contributed by atoms with van der Waals surface area (Å²) in [5.41, 5.74) is -1.11. The molecule has 1 N–H and O–H groups in total. The molecule has 0 aliphatic carbocycles. The van der Waals surface area contributed by atoms with Crippen molar-refractivity contribution in [1.82, 2.24) is 0 Å². The fourth-order valence-corrected chi connectivity index (χ4v) is 4.50. The second-order valence-electron chi connectivity index (χ2n) is 4.68. The maximum absolute atomic E-state index is 11.4. The van der Waals surface area contributed by atoms with Gasteiger partial charge in [0.05, 0.1) is 35.7 Å². The van der Waals surface area contributed by atoms with E-state index in [1.807, 2.05) is 6.07 Å². The fraction of sp³-hybridized carbons (Fsp3) is 0.900. The van der Waals surface area contributed by atoms with E-state index in [0.717, 1.165) is 0 Å². The maximum atomic E-state index is 11.4. The average molecular weight is 245 g/mol. The molecule has 16 heavy (non-hydrogen) atoms. The highest BCUT2D eigenvalue weighted by Crippen LogP contribution is 2.39. The van der Waals surface area contributed by atoms with Gasteiger partial charge in [0.25, 0.3) is 0 Å². The molecule has 2 rings (SSSR count). The largest absolute Gasteiger partial charge is 0.391 e. The lowest BCUT2D eigenvalue weighted by molar-refractivity contribution is 0.0207. The SMILES string of the molecule is N#CC1(C(O)C2CCOC2)CCS(=O)(=O)C1. The average Bonchev–Trinajstić information content (AvgIpc) is 2.85. The van der Waals surface area contributed by atoms with Crippen LogP contribution in [-0.4, -0.2) is 44.3 Å². The predicted molar refractivity (Wildman–Crippen MR) is 56.2 cm³/mol. The molecule has 2 heterocycles. The fourth-order valence-electron chi connectivity index (χ4n) is 2.51. The lowest BCUT2D eigenvalue weighted by Gasteiger charge is -2.29. The number of hydrogen-bond donors (Lipinski definition) is 1. The van der Waals surface area contributed by atoms with Gasteiger partial charge in [0.2, 0.25) is 0 Å². The molecule has 0 bridgehead atoms. The molecule has 0 aromatic carbocycles. The van der Waals surface area contributed by atoms with Crippen molar-refractivity contribution in [2.24, 2.45) is 11.3 Å². The van der Waals surface area contributed by atoms with E-state index < -0.39 is 21.4 Å². The lowest BCUT2D eigenvalue weighted by Crippen LogP contribution is -2.40. The number of nitrogens with zero attached hydrogens (tertiary/aromatic N) is 1. The summed E-state index contributed by atoms with van der Waals surface area (Å²) < 4.78 is 28.0. The molecular weight excluding hydrogens is 230 g/mol. The molecule has 0 aromatic heterocycles. The van der Waals surface area contributed by atoms with Gasteiger partial charge in [-0.25, -0.2) is 8.42 Å². The van der Waals surface area contributed by atoms with E-state index in [2.05, 4.69) is 0 Å². The number of rotatable bonds is 2. The van der Waals surface area contributed by atoms with Gasteiger partial charge in [-0.2, -0.15) is 5.26 Å². The molecule has 0 aromatic rings. The lowest BCUT2D eigenvalue weighted by atomic mass is 9.77. The van der Waals surface area contributed by atoms with Crippen LogP contribution in [0.4, 0.5) is 0 Å². The highest BCUT2D eigenvalue weighted by Gasteiger charge is 2.50. The molecule has 3 unspecified atom stereocenters. The van der Waals surface area contributed by atoms with Crippen LogP contribution in [0.3, 0.4) is 0 Å². The van der Waals surface area contributed by atoms with Crippen LogP contribution in [0.2, 0.25) is 0 Å². The number of sulfone groups is 1. The van der Waals surface area contributed by atoms with Crippen molar-refractivity contribution < 1.29 is 18.3 Å². The van der Waals surface area contributed by atoms with Gasteiger partial charge < -0.3 is 9.84 Å². The highest BCUT2D eigenvalue weighted by molar-refractivity contribution is 7.91. The van der Waals surface area contributed by atoms with Gasteiger partial charge in [-0.05, 0) is 12.8 Å². The van der Waals surface area contributed by atoms with E-state index in [1.54, 1.807) is 0 Å². The summed E-state index contributed by atoms with van der Waals surface area (Å²) in [6.45, 7) is 1.00. The van der Waals surface area contributed by atoms with E-state index in [0.29, 0.717) is 19.6 Å². The third-order valence-corrected chi connectivity index (χ3v) is 5.32. The van der Waals surface area contributed by atoms with Crippen molar-refractivity contribution >= 4 is 9.84 Å². The van der Waals surface area contributed by atoms with Crippen LogP contribution in [0, 0.1) is 22.7 Å². The number of aliphatic hydroxyl groups is 1. The number of nitriles is 1. The van der Waals surface area contributed by atoms with Gasteiger partial charge in [0.1, 0.15) is 0 Å². The third-order valence-electron chi connectivity index (χ3n) is 3.54. The zero-order chi connectivity index (χ0) is 11.8. The van der Waals surface area contributed by atoms with E-state index in [9.17, 15) is 13.5 Å². The zero-order valence-corrected chi connectivity index (χ0v) is 9.74. The minimum absolute atomic E-state index is 0.00516. The first-order chi connectivity index (χ1) is 7.49. The minimum Gasteiger partial charge on any atom is -0.391 e. The molecule has 2 aliphatic heterocycles. The van der Waals surface area contributed by atoms with Crippen molar-refractivity contribution in [3.8, 4) is 6.07 Å². The second kappa shape index (κ2) is 3.99. The molecule has 0 spiro atoms. The zero-order valence-electron chi connectivity index (χ0n) is 8.92. The second-order valence-corrected chi connectivity index (χ2v) is 6.86. The van der Waals surface area contributed by atoms with Crippen molar-refractivity contribution in [3.05, 3.63) is 0 Å². The monoisotopic (exact) mass is 245 g/mol.